The highest BCUT2D eigenvalue weighted by Gasteiger charge is 2.10. The monoisotopic (exact) mass is 325 g/mol. The second-order valence-corrected chi connectivity index (χ2v) is 5.77. The molecule has 0 aliphatic carbocycles. The summed E-state index contributed by atoms with van der Waals surface area (Å²) in [5.41, 5.74) is 2.75. The molecule has 0 heterocycles. The molecule has 120 valence electrons. The predicted octanol–water partition coefficient (Wildman–Crippen LogP) is 5.89. The van der Waals surface area contributed by atoms with E-state index in [-0.39, 0.29) is 12.4 Å². The van der Waals surface area contributed by atoms with Crippen molar-refractivity contribution in [1.29, 1.82) is 0 Å². The normalized spacial score (nSPS) is 11.9. The molecule has 2 heteroatoms. The van der Waals surface area contributed by atoms with E-state index in [2.05, 4.69) is 85.0 Å². The summed E-state index contributed by atoms with van der Waals surface area (Å²) in [4.78, 5) is 0. The molecule has 0 bridgehead atoms. The molecule has 0 saturated carbocycles. The van der Waals surface area contributed by atoms with Gasteiger partial charge in [-0.3, -0.25) is 0 Å². The van der Waals surface area contributed by atoms with E-state index in [0.717, 1.165) is 13.0 Å². The molecule has 0 saturated heterocycles. The molecule has 1 unspecified atom stereocenters. The lowest BCUT2D eigenvalue weighted by atomic mass is 10.0. The first-order valence-corrected chi connectivity index (χ1v) is 8.13. The van der Waals surface area contributed by atoms with E-state index in [1.54, 1.807) is 0 Å². The Labute approximate surface area is 145 Å². The molecule has 1 nitrogen and oxygen atoms in total. The van der Waals surface area contributed by atoms with E-state index in [9.17, 15) is 0 Å². The van der Waals surface area contributed by atoms with E-state index in [0.29, 0.717) is 6.04 Å². The maximum atomic E-state index is 3.75. The molecular formula is C21H24ClN. The molecule has 0 fully saturated rings. The molecule has 0 radical (unpaired) electrons. The van der Waals surface area contributed by atoms with E-state index in [1.807, 2.05) is 0 Å². The van der Waals surface area contributed by atoms with Gasteiger partial charge in [0.2, 0.25) is 0 Å². The number of fused-ring (bicyclic) bond motifs is 1. The summed E-state index contributed by atoms with van der Waals surface area (Å²) in [6, 6.07) is 26.4. The van der Waals surface area contributed by atoms with Crippen LogP contribution >= 0.6 is 12.4 Å². The van der Waals surface area contributed by atoms with Crippen LogP contribution in [0.25, 0.3) is 10.8 Å². The van der Waals surface area contributed by atoms with Gasteiger partial charge in [-0.1, -0.05) is 86.1 Å². The number of hydrogen-bond acceptors (Lipinski definition) is 1. The van der Waals surface area contributed by atoms with Crippen LogP contribution in [-0.2, 0) is 6.54 Å². The number of benzene rings is 3. The fourth-order valence-electron chi connectivity index (χ4n) is 3.04. The van der Waals surface area contributed by atoms with Crippen LogP contribution in [0.3, 0.4) is 0 Å². The van der Waals surface area contributed by atoms with Gasteiger partial charge in [0, 0.05) is 12.6 Å². The SMILES string of the molecule is CCCC(NCc1cccc2ccccc12)c1ccccc1.Cl. The Morgan fingerprint density at radius 1 is 0.826 bits per heavy atom. The van der Waals surface area contributed by atoms with Crippen LogP contribution in [0.4, 0.5) is 0 Å². The van der Waals surface area contributed by atoms with Crippen molar-refractivity contribution in [2.45, 2.75) is 32.4 Å². The van der Waals surface area contributed by atoms with Crippen molar-refractivity contribution in [1.82, 2.24) is 5.32 Å². The van der Waals surface area contributed by atoms with E-state index in [4.69, 9.17) is 0 Å². The fraction of sp³-hybridized carbons (Fsp3) is 0.238. The number of hydrogen-bond donors (Lipinski definition) is 1. The van der Waals surface area contributed by atoms with Crippen LogP contribution < -0.4 is 5.32 Å². The van der Waals surface area contributed by atoms with Gasteiger partial charge in [-0.25, -0.2) is 0 Å². The summed E-state index contributed by atoms with van der Waals surface area (Å²) < 4.78 is 0. The van der Waals surface area contributed by atoms with Crippen molar-refractivity contribution in [3.63, 3.8) is 0 Å². The lowest BCUT2D eigenvalue weighted by molar-refractivity contribution is 0.494. The van der Waals surface area contributed by atoms with E-state index < -0.39 is 0 Å². The van der Waals surface area contributed by atoms with Crippen LogP contribution in [0, 0.1) is 0 Å². The molecule has 1 N–H and O–H groups in total. The third kappa shape index (κ3) is 4.34. The number of rotatable bonds is 6. The maximum Gasteiger partial charge on any atom is 0.0323 e. The van der Waals surface area contributed by atoms with Gasteiger partial charge < -0.3 is 5.32 Å². The smallest absolute Gasteiger partial charge is 0.0323 e. The number of halogens is 1. The molecule has 0 aromatic heterocycles. The van der Waals surface area contributed by atoms with Gasteiger partial charge in [-0.15, -0.1) is 12.4 Å². The van der Waals surface area contributed by atoms with Gasteiger partial charge in [-0.2, -0.15) is 0 Å². The molecule has 23 heavy (non-hydrogen) atoms. The highest BCUT2D eigenvalue weighted by molar-refractivity contribution is 5.85. The lowest BCUT2D eigenvalue weighted by Gasteiger charge is -2.19. The lowest BCUT2D eigenvalue weighted by Crippen LogP contribution is -2.20. The first-order valence-electron chi connectivity index (χ1n) is 8.13. The zero-order valence-corrected chi connectivity index (χ0v) is 14.4. The fourth-order valence-corrected chi connectivity index (χ4v) is 3.04. The zero-order valence-electron chi connectivity index (χ0n) is 13.5. The highest BCUT2D eigenvalue weighted by Crippen LogP contribution is 2.22. The highest BCUT2D eigenvalue weighted by atomic mass is 35.5. The molecule has 0 aliphatic rings. The summed E-state index contributed by atoms with van der Waals surface area (Å²) in [6.45, 7) is 3.15. The quantitative estimate of drug-likeness (QED) is 0.595. The van der Waals surface area contributed by atoms with Gasteiger partial charge in [0.1, 0.15) is 0 Å². The predicted molar refractivity (Wildman–Crippen MR) is 102 cm³/mol. The molecular weight excluding hydrogens is 302 g/mol. The van der Waals surface area contributed by atoms with Crippen molar-refractivity contribution in [2.24, 2.45) is 0 Å². The minimum Gasteiger partial charge on any atom is -0.306 e. The Hall–Kier alpha value is -1.83. The van der Waals surface area contributed by atoms with Crippen molar-refractivity contribution < 1.29 is 0 Å². The standard InChI is InChI=1S/C21H23N.ClH/c1-2-9-21(18-11-4-3-5-12-18)22-16-19-14-8-13-17-10-6-7-15-20(17)19;/h3-8,10-15,21-22H,2,9,16H2,1H3;1H. The van der Waals surface area contributed by atoms with Gasteiger partial charge >= 0.3 is 0 Å². The van der Waals surface area contributed by atoms with E-state index >= 15 is 0 Å². The topological polar surface area (TPSA) is 12.0 Å². The molecule has 0 aliphatic heterocycles. The number of nitrogens with one attached hydrogen (secondary N) is 1. The average molecular weight is 326 g/mol. The molecule has 3 aromatic rings. The van der Waals surface area contributed by atoms with Gasteiger partial charge in [-0.05, 0) is 28.3 Å². The Kier molecular flexibility index (Phi) is 6.64. The molecule has 3 rings (SSSR count). The van der Waals surface area contributed by atoms with Crippen molar-refractivity contribution in [3.8, 4) is 0 Å². The van der Waals surface area contributed by atoms with Crippen molar-refractivity contribution >= 4 is 23.2 Å². The van der Waals surface area contributed by atoms with Crippen LogP contribution in [0.5, 0.6) is 0 Å². The Bertz CT molecular complexity index is 719. The van der Waals surface area contributed by atoms with Gasteiger partial charge in [0.05, 0.1) is 0 Å². The van der Waals surface area contributed by atoms with Crippen LogP contribution in [0.2, 0.25) is 0 Å². The molecule has 1 atom stereocenters. The van der Waals surface area contributed by atoms with Crippen molar-refractivity contribution in [2.75, 3.05) is 0 Å². The largest absolute Gasteiger partial charge is 0.306 e. The average Bonchev–Trinajstić information content (AvgIpc) is 2.59. The molecule has 0 amide bonds. The van der Waals surface area contributed by atoms with Crippen molar-refractivity contribution in [3.05, 3.63) is 83.9 Å². The molecule has 3 aromatic carbocycles. The third-order valence-corrected chi connectivity index (χ3v) is 4.20. The molecule has 0 spiro atoms. The zero-order chi connectivity index (χ0) is 15.2. The Balaban J connectivity index is 0.00000192. The minimum absolute atomic E-state index is 0. The minimum atomic E-state index is 0. The maximum absolute atomic E-state index is 3.75. The van der Waals surface area contributed by atoms with Gasteiger partial charge in [0.25, 0.3) is 0 Å². The Morgan fingerprint density at radius 3 is 2.30 bits per heavy atom. The summed E-state index contributed by atoms with van der Waals surface area (Å²) >= 11 is 0. The first-order chi connectivity index (χ1) is 10.9. The van der Waals surface area contributed by atoms with Crippen LogP contribution in [0.15, 0.2) is 72.8 Å². The van der Waals surface area contributed by atoms with Gasteiger partial charge in [0.15, 0.2) is 0 Å². The van der Waals surface area contributed by atoms with E-state index in [1.165, 1.54) is 28.3 Å². The third-order valence-electron chi connectivity index (χ3n) is 4.20. The summed E-state index contributed by atoms with van der Waals surface area (Å²) in [5.74, 6) is 0. The second kappa shape index (κ2) is 8.71. The Morgan fingerprint density at radius 2 is 1.52 bits per heavy atom. The summed E-state index contributed by atoms with van der Waals surface area (Å²) in [5, 5.41) is 6.41. The second-order valence-electron chi connectivity index (χ2n) is 5.77. The summed E-state index contributed by atoms with van der Waals surface area (Å²) in [6.07, 6.45) is 2.34. The first kappa shape index (κ1) is 17.5. The van der Waals surface area contributed by atoms with Crippen LogP contribution in [-0.4, -0.2) is 0 Å². The van der Waals surface area contributed by atoms with Crippen LogP contribution in [0.1, 0.15) is 36.9 Å². The summed E-state index contributed by atoms with van der Waals surface area (Å²) in [7, 11) is 0.